The quantitative estimate of drug-likeness (QED) is 0.445. The van der Waals surface area contributed by atoms with E-state index < -0.39 is 0 Å². The van der Waals surface area contributed by atoms with E-state index in [9.17, 15) is 9.59 Å². The van der Waals surface area contributed by atoms with E-state index in [0.717, 1.165) is 0 Å². The molecular weight excluding hydrogens is 244 g/mol. The molecule has 0 N–H and O–H groups in total. The maximum Gasteiger partial charge on any atom is 0.306 e. The Morgan fingerprint density at radius 2 is 1.71 bits per heavy atom. The third kappa shape index (κ3) is 39.6. The minimum absolute atomic E-state index is 0.0350. The molecule has 102 valence electrons. The number of carbonyl (C=O) groups is 2. The molecule has 0 saturated heterocycles. The van der Waals surface area contributed by atoms with Crippen LogP contribution < -0.4 is 0 Å². The summed E-state index contributed by atoms with van der Waals surface area (Å²) in [6.07, 6.45) is 3.17. The molecule has 0 atom stereocenters. The summed E-state index contributed by atoms with van der Waals surface area (Å²) < 4.78 is 8.75. The fraction of sp³-hybridized carbons (Fsp3) is 0.667. The zero-order chi connectivity index (χ0) is 14.1. The van der Waals surface area contributed by atoms with Crippen LogP contribution in [0.3, 0.4) is 0 Å². The number of alkyl halides is 1. The standard InChI is InChI=1S/C5H8O2.C4H7ClO2.C3H8/c1-3-4-7-5(2)6;1-2-4(6)7-3-5;1-3-2/h3H,1,4H2,2H3;2-3H2,1H3;3H2,1-2H3. The molecule has 0 heterocycles. The Hall–Kier alpha value is -1.03. The van der Waals surface area contributed by atoms with Gasteiger partial charge in [0.25, 0.3) is 0 Å². The Morgan fingerprint density at radius 3 is 1.82 bits per heavy atom. The molecule has 0 aromatic carbocycles. The van der Waals surface area contributed by atoms with E-state index in [2.05, 4.69) is 29.9 Å². The van der Waals surface area contributed by atoms with Crippen molar-refractivity contribution in [3.05, 3.63) is 12.7 Å². The van der Waals surface area contributed by atoms with Crippen molar-refractivity contribution in [2.45, 2.75) is 40.5 Å². The van der Waals surface area contributed by atoms with Gasteiger partial charge in [0.05, 0.1) is 0 Å². The van der Waals surface area contributed by atoms with Gasteiger partial charge in [0.2, 0.25) is 0 Å². The molecule has 0 saturated carbocycles. The molecule has 17 heavy (non-hydrogen) atoms. The van der Waals surface area contributed by atoms with Gasteiger partial charge in [-0.3, -0.25) is 9.59 Å². The Morgan fingerprint density at radius 1 is 1.24 bits per heavy atom. The van der Waals surface area contributed by atoms with Crippen LogP contribution in [0.15, 0.2) is 12.7 Å². The summed E-state index contributed by atoms with van der Waals surface area (Å²) in [5.74, 6) is -0.519. The zero-order valence-electron chi connectivity index (χ0n) is 11.1. The normalized spacial score (nSPS) is 7.59. The highest BCUT2D eigenvalue weighted by Gasteiger charge is 1.92. The summed E-state index contributed by atoms with van der Waals surface area (Å²) in [7, 11) is 0. The monoisotopic (exact) mass is 266 g/mol. The highest BCUT2D eigenvalue weighted by atomic mass is 35.5. The molecular formula is C12H23ClO4. The minimum atomic E-state index is -0.264. The van der Waals surface area contributed by atoms with Gasteiger partial charge in [-0.15, -0.1) is 0 Å². The average molecular weight is 267 g/mol. The number of rotatable bonds is 4. The van der Waals surface area contributed by atoms with Crippen molar-refractivity contribution in [2.24, 2.45) is 0 Å². The fourth-order valence-electron chi connectivity index (χ4n) is 0.339. The van der Waals surface area contributed by atoms with Crippen LogP contribution >= 0.6 is 11.6 Å². The summed E-state index contributed by atoms with van der Waals surface area (Å²) in [5, 5.41) is 0. The molecule has 0 spiro atoms. The molecule has 0 fully saturated rings. The smallest absolute Gasteiger partial charge is 0.306 e. The average Bonchev–Trinajstić information content (AvgIpc) is 2.28. The molecule has 0 aliphatic carbocycles. The number of halogens is 1. The van der Waals surface area contributed by atoms with Crippen LogP contribution in [-0.4, -0.2) is 24.6 Å². The van der Waals surface area contributed by atoms with Gasteiger partial charge >= 0.3 is 11.9 Å². The third-order valence-corrected chi connectivity index (χ3v) is 1.02. The molecule has 0 aliphatic rings. The topological polar surface area (TPSA) is 52.6 Å². The van der Waals surface area contributed by atoms with Crippen molar-refractivity contribution < 1.29 is 19.1 Å². The first-order chi connectivity index (χ1) is 7.99. The second-order valence-electron chi connectivity index (χ2n) is 2.78. The summed E-state index contributed by atoms with van der Waals surface area (Å²) >= 11 is 5.03. The van der Waals surface area contributed by atoms with E-state index in [0.29, 0.717) is 13.0 Å². The lowest BCUT2D eigenvalue weighted by molar-refractivity contribution is -0.141. The second-order valence-corrected chi connectivity index (χ2v) is 3.00. The van der Waals surface area contributed by atoms with E-state index in [4.69, 9.17) is 11.6 Å². The van der Waals surface area contributed by atoms with Crippen LogP contribution in [0.2, 0.25) is 0 Å². The van der Waals surface area contributed by atoms with Crippen molar-refractivity contribution in [1.29, 1.82) is 0 Å². The Kier molecular flexibility index (Phi) is 25.5. The van der Waals surface area contributed by atoms with Gasteiger partial charge in [-0.2, -0.15) is 0 Å². The minimum Gasteiger partial charge on any atom is -0.462 e. The molecule has 0 radical (unpaired) electrons. The van der Waals surface area contributed by atoms with Gasteiger partial charge in [-0.25, -0.2) is 0 Å². The lowest BCUT2D eigenvalue weighted by Crippen LogP contribution is -1.98. The zero-order valence-corrected chi connectivity index (χ0v) is 11.9. The van der Waals surface area contributed by atoms with Crippen molar-refractivity contribution in [1.82, 2.24) is 0 Å². The van der Waals surface area contributed by atoms with Crippen molar-refractivity contribution >= 4 is 23.5 Å². The molecule has 0 rings (SSSR count). The summed E-state index contributed by atoms with van der Waals surface area (Å²) in [6.45, 7) is 11.0. The lowest BCUT2D eigenvalue weighted by Gasteiger charge is -1.92. The largest absolute Gasteiger partial charge is 0.462 e. The van der Waals surface area contributed by atoms with Gasteiger partial charge in [0, 0.05) is 13.3 Å². The highest BCUT2D eigenvalue weighted by Crippen LogP contribution is 1.84. The molecule has 0 bridgehead atoms. The van der Waals surface area contributed by atoms with E-state index >= 15 is 0 Å². The molecule has 0 amide bonds. The van der Waals surface area contributed by atoms with Gasteiger partial charge in [-0.05, 0) is 0 Å². The predicted octanol–water partition coefficient (Wildman–Crippen LogP) is 3.29. The van der Waals surface area contributed by atoms with Gasteiger partial charge in [0.15, 0.2) is 6.07 Å². The molecule has 0 aliphatic heterocycles. The van der Waals surface area contributed by atoms with Gasteiger partial charge < -0.3 is 9.47 Å². The maximum absolute atomic E-state index is 10.1. The molecule has 0 aromatic heterocycles. The molecule has 0 aromatic rings. The maximum atomic E-state index is 10.1. The van der Waals surface area contributed by atoms with Gasteiger partial charge in [0.1, 0.15) is 6.61 Å². The van der Waals surface area contributed by atoms with Crippen LogP contribution in [0.25, 0.3) is 0 Å². The van der Waals surface area contributed by atoms with Crippen molar-refractivity contribution in [3.63, 3.8) is 0 Å². The van der Waals surface area contributed by atoms with Crippen molar-refractivity contribution in [2.75, 3.05) is 12.7 Å². The van der Waals surface area contributed by atoms with E-state index in [1.165, 1.54) is 19.4 Å². The summed E-state index contributed by atoms with van der Waals surface area (Å²) in [4.78, 5) is 20.0. The summed E-state index contributed by atoms with van der Waals surface area (Å²) in [6, 6.07) is -0.0350. The predicted molar refractivity (Wildman–Crippen MR) is 69.9 cm³/mol. The molecule has 0 unspecified atom stereocenters. The van der Waals surface area contributed by atoms with E-state index in [1.807, 2.05) is 0 Å². The van der Waals surface area contributed by atoms with Crippen molar-refractivity contribution in [3.8, 4) is 0 Å². The number of esters is 2. The van der Waals surface area contributed by atoms with Gasteiger partial charge in [-0.1, -0.05) is 51.4 Å². The van der Waals surface area contributed by atoms with Crippen LogP contribution in [0.4, 0.5) is 0 Å². The Labute approximate surface area is 109 Å². The summed E-state index contributed by atoms with van der Waals surface area (Å²) in [5.41, 5.74) is 0. The second kappa shape index (κ2) is 20.4. The first-order valence-corrected chi connectivity index (χ1v) is 5.99. The lowest BCUT2D eigenvalue weighted by atomic mass is 10.5. The number of ether oxygens (including phenoxy) is 2. The highest BCUT2D eigenvalue weighted by molar-refractivity contribution is 6.17. The Bertz CT molecular complexity index is 193. The molecule has 5 heteroatoms. The van der Waals surface area contributed by atoms with E-state index in [-0.39, 0.29) is 18.0 Å². The first kappa shape index (κ1) is 21.3. The van der Waals surface area contributed by atoms with Crippen LogP contribution in [0.1, 0.15) is 40.5 Å². The van der Waals surface area contributed by atoms with Crippen LogP contribution in [-0.2, 0) is 19.1 Å². The first-order valence-electron chi connectivity index (χ1n) is 5.45. The number of hydrogen-bond donors (Lipinski definition) is 0. The third-order valence-electron chi connectivity index (χ3n) is 0.909. The Balaban J connectivity index is -0.000000188. The number of carbonyl (C=O) groups excluding carboxylic acids is 2. The molecule has 4 nitrogen and oxygen atoms in total. The number of hydrogen-bond acceptors (Lipinski definition) is 4. The van der Waals surface area contributed by atoms with Crippen LogP contribution in [0.5, 0.6) is 0 Å². The SMILES string of the molecule is C=CCOC(C)=O.CCC.CCC(=O)OCCl. The van der Waals surface area contributed by atoms with Crippen LogP contribution in [0, 0.1) is 0 Å². The van der Waals surface area contributed by atoms with E-state index in [1.54, 1.807) is 6.92 Å². The fourth-order valence-corrected chi connectivity index (χ4v) is 0.461.